The highest BCUT2D eigenvalue weighted by Crippen LogP contribution is 2.32. The van der Waals surface area contributed by atoms with E-state index in [1.165, 1.54) is 47.6 Å². The number of urea groups is 1. The van der Waals surface area contributed by atoms with Crippen LogP contribution in [0.1, 0.15) is 134 Å². The van der Waals surface area contributed by atoms with Crippen LogP contribution in [0.2, 0.25) is 0 Å². The van der Waals surface area contributed by atoms with Crippen LogP contribution in [0.5, 0.6) is 5.75 Å². The number of amides is 9. The Balaban J connectivity index is 1.39. The van der Waals surface area contributed by atoms with Crippen molar-refractivity contribution in [2.75, 3.05) is 30.3 Å². The second-order valence-electron chi connectivity index (χ2n) is 25.6. The van der Waals surface area contributed by atoms with Crippen molar-refractivity contribution >= 4 is 108 Å². The third-order valence-electron chi connectivity index (χ3n) is 16.2. The number of ketones is 2. The minimum Gasteiger partial charge on any atom is -0.508 e. The van der Waals surface area contributed by atoms with Crippen molar-refractivity contribution in [2.45, 2.75) is 197 Å². The van der Waals surface area contributed by atoms with Gasteiger partial charge < -0.3 is 67.9 Å². The Morgan fingerprint density at radius 1 is 0.717 bits per heavy atom. The van der Waals surface area contributed by atoms with Gasteiger partial charge in [0.1, 0.15) is 52.6 Å². The van der Waals surface area contributed by atoms with Crippen LogP contribution in [0.4, 0.5) is 9.59 Å². The Morgan fingerprint density at radius 3 is 2.12 bits per heavy atom. The first-order chi connectivity index (χ1) is 47.4. The number of Topliss-reactive ketones (excluding diaryl/α,β-unsaturated/α-hetero) is 2. The SMILES string of the molecule is CCCCCCCC(=O)[C@@H](NC(=O)[C@@H]1CSSC[C@H](NC(=O)[C@@H](Cc2ccccc2)NC(=O)NCCSSc2ccccn2)C(=O)C[C@@H](Cc2ccc(O)cc2)C(=O)N[C@H](CC2=CCc3ccccc32)C(=O)N[C@@H](CCCCNC(=O)OC(C)(C)C)C(=O)N[C@@H]([C@@H](C)O)C(=O)N1)[C@@H](C)O. The highest BCUT2D eigenvalue weighted by atomic mass is 33.1. The number of carbonyl (C=O) groups is 10. The number of ether oxygens (including phenoxy) is 1. The molecule has 1 aliphatic heterocycles. The number of aromatic hydroxyl groups is 1. The van der Waals surface area contributed by atoms with Crippen molar-refractivity contribution in [1.82, 2.24) is 52.8 Å². The average Bonchev–Trinajstić information content (AvgIpc) is 1.77. The number of phenols is 1. The van der Waals surface area contributed by atoms with Gasteiger partial charge in [0.05, 0.1) is 18.2 Å². The number of hydrogen-bond acceptors (Lipinski definition) is 19. The van der Waals surface area contributed by atoms with Gasteiger partial charge in [-0.15, -0.1) is 0 Å². The van der Waals surface area contributed by atoms with Crippen molar-refractivity contribution in [3.8, 4) is 5.75 Å². The van der Waals surface area contributed by atoms with Gasteiger partial charge >= 0.3 is 12.1 Å². The Morgan fingerprint density at radius 2 is 1.41 bits per heavy atom. The van der Waals surface area contributed by atoms with Crippen LogP contribution in [-0.4, -0.2) is 170 Å². The molecule has 99 heavy (non-hydrogen) atoms. The summed E-state index contributed by atoms with van der Waals surface area (Å²) < 4.78 is 5.38. The number of benzene rings is 3. The lowest BCUT2D eigenvalue weighted by atomic mass is 9.90. The minimum absolute atomic E-state index is 0.0191. The zero-order valence-corrected chi connectivity index (χ0v) is 60.3. The molecule has 4 aromatic rings. The zero-order chi connectivity index (χ0) is 71.9. The fourth-order valence-corrected chi connectivity index (χ4v) is 15.1. The van der Waals surface area contributed by atoms with Crippen molar-refractivity contribution < 1.29 is 68.0 Å². The van der Waals surface area contributed by atoms with Gasteiger partial charge in [-0.05, 0) is 136 Å². The summed E-state index contributed by atoms with van der Waals surface area (Å²) in [4.78, 5) is 149. The lowest BCUT2D eigenvalue weighted by Crippen LogP contribution is -2.62. The van der Waals surface area contributed by atoms with Crippen LogP contribution in [0.15, 0.2) is 114 Å². The fourth-order valence-electron chi connectivity index (χ4n) is 10.9. The first kappa shape index (κ1) is 80.3. The predicted molar refractivity (Wildman–Crippen MR) is 387 cm³/mol. The summed E-state index contributed by atoms with van der Waals surface area (Å²) in [7, 11) is 4.88. The largest absolute Gasteiger partial charge is 0.508 e. The van der Waals surface area contributed by atoms with Gasteiger partial charge in [-0.25, -0.2) is 14.6 Å². The maximum atomic E-state index is 15.4. The van der Waals surface area contributed by atoms with Crippen molar-refractivity contribution in [3.63, 3.8) is 0 Å². The smallest absolute Gasteiger partial charge is 0.407 e. The number of hydrogen-bond donors (Lipinski definition) is 12. The molecule has 0 saturated carbocycles. The van der Waals surface area contributed by atoms with Crippen LogP contribution in [0, 0.1) is 5.92 Å². The van der Waals surface area contributed by atoms with Crippen molar-refractivity contribution in [2.24, 2.45) is 5.92 Å². The number of alkyl carbamates (subject to hydrolysis) is 1. The third-order valence-corrected chi connectivity index (χ3v) is 20.9. The second-order valence-corrected chi connectivity index (χ2v) is 30.6. The fraction of sp³-hybridized carbons (Fsp3) is 0.507. The molecule has 1 aromatic heterocycles. The number of aliphatic hydroxyl groups excluding tert-OH is 2. The number of carbonyl (C=O) groups excluding carboxylic acids is 10. The molecule has 0 bridgehead atoms. The summed E-state index contributed by atoms with van der Waals surface area (Å²) >= 11 is 0. The van der Waals surface area contributed by atoms with E-state index in [1.54, 1.807) is 69.4 Å². The van der Waals surface area contributed by atoms with Gasteiger partial charge in [-0.3, -0.25) is 38.4 Å². The zero-order valence-electron chi connectivity index (χ0n) is 57.0. The molecule has 0 unspecified atom stereocenters. The summed E-state index contributed by atoms with van der Waals surface area (Å²) in [5.74, 6) is -7.79. The van der Waals surface area contributed by atoms with E-state index in [0.29, 0.717) is 35.3 Å². The Kier molecular flexibility index (Phi) is 33.9. The maximum absolute atomic E-state index is 15.4. The van der Waals surface area contributed by atoms with E-state index in [9.17, 15) is 48.9 Å². The molecule has 2 aliphatic rings. The normalized spacial score (nSPS) is 20.1. The number of nitrogens with zero attached hydrogens (tertiary/aromatic N) is 1. The summed E-state index contributed by atoms with van der Waals surface area (Å²) in [5, 5.41) is 58.1. The van der Waals surface area contributed by atoms with Crippen LogP contribution < -0.4 is 47.9 Å². The highest BCUT2D eigenvalue weighted by molar-refractivity contribution is 8.77. The van der Waals surface area contributed by atoms with Gasteiger partial charge in [-0.2, -0.15) is 0 Å². The molecule has 24 nitrogen and oxygen atoms in total. The summed E-state index contributed by atoms with van der Waals surface area (Å²) in [6, 6.07) is 16.9. The van der Waals surface area contributed by atoms with Crippen molar-refractivity contribution in [1.29, 1.82) is 0 Å². The summed E-state index contributed by atoms with van der Waals surface area (Å²) in [6.45, 7) is 10.1. The first-order valence-electron chi connectivity index (χ1n) is 33.7. The Labute approximate surface area is 595 Å². The molecular formula is C71H96N10O14S4. The van der Waals surface area contributed by atoms with Crippen LogP contribution in [0.25, 0.3) is 5.57 Å². The van der Waals surface area contributed by atoms with Gasteiger partial charge in [0.25, 0.3) is 0 Å². The molecule has 6 rings (SSSR count). The van der Waals surface area contributed by atoms with E-state index < -0.39 is 132 Å². The lowest BCUT2D eigenvalue weighted by molar-refractivity contribution is -0.137. The van der Waals surface area contributed by atoms with Gasteiger partial charge in [0.15, 0.2) is 11.6 Å². The van der Waals surface area contributed by atoms with Crippen molar-refractivity contribution in [3.05, 3.63) is 132 Å². The molecule has 1 aliphatic carbocycles. The van der Waals surface area contributed by atoms with E-state index in [-0.39, 0.29) is 75.3 Å². The van der Waals surface area contributed by atoms with E-state index in [4.69, 9.17) is 4.74 Å². The molecule has 2 heterocycles. The topological polar surface area (TPSA) is 362 Å². The van der Waals surface area contributed by atoms with Gasteiger partial charge in [0, 0.05) is 68.1 Å². The summed E-state index contributed by atoms with van der Waals surface area (Å²) in [6.07, 6.45) is 4.08. The molecule has 28 heteroatoms. The van der Waals surface area contributed by atoms with Crippen LogP contribution in [-0.2, 0) is 62.4 Å². The standard InChI is InChI=1S/C71H96N10O14S4/c1-7-8-9-10-14-26-58(85)61(44(2)82)80-67(91)57-43-98-97-42-56(77-65(89)54(39-46-21-12-11-13-22-46)79-69(93)73-36-37-96-99-60-27-18-20-34-72-60)59(86)41-50(38-47-28-32-51(84)33-29-47)63(87)76-55(40-49-31-30-48-23-15-16-24-52(48)49)66(90)75-53(64(88)81-62(45(3)83)68(92)78-57)25-17-19-35-74-70(94)95-71(4,5)6/h11-13,15-16,18,20-24,27-29,31-34,44-45,50,53-57,61-62,82-84H,7-10,14,17,19,25-26,30,35-43H2,1-6H3,(H,74,94)(H,75,90)(H,76,87)(H,77,89)(H,78,92)(H,80,91)(H,81,88)(H2,73,79,93)/t44-,45-,50-,53+,54-,55-,56+,57+,61+,62+/m1/s1. The number of aromatic nitrogens is 1. The number of phenolic OH excluding ortho intramolecular Hbond substituents is 1. The van der Waals surface area contributed by atoms with Crippen LogP contribution in [0.3, 0.4) is 0 Å². The first-order valence-corrected chi connectivity index (χ1v) is 38.5. The quantitative estimate of drug-likeness (QED) is 0.0185. The average molecular weight is 1440 g/mol. The number of aliphatic hydroxyl groups is 2. The van der Waals surface area contributed by atoms with E-state index in [2.05, 4.69) is 59.8 Å². The molecule has 3 aromatic carbocycles. The van der Waals surface area contributed by atoms with Crippen LogP contribution >= 0.6 is 43.2 Å². The number of nitrogens with one attached hydrogen (secondary N) is 9. The molecule has 538 valence electrons. The number of fused-ring (bicyclic) bond motifs is 1. The van der Waals surface area contributed by atoms with E-state index >= 15 is 14.4 Å². The predicted octanol–water partition coefficient (Wildman–Crippen LogP) is 6.98. The number of rotatable bonds is 30. The van der Waals surface area contributed by atoms with Gasteiger partial charge in [-0.1, -0.05) is 144 Å². The monoisotopic (exact) mass is 1440 g/mol. The lowest BCUT2D eigenvalue weighted by Gasteiger charge is -2.29. The summed E-state index contributed by atoms with van der Waals surface area (Å²) in [5.41, 5.74) is 2.87. The van der Waals surface area contributed by atoms with E-state index in [1.807, 2.05) is 48.5 Å². The Hall–Kier alpha value is -7.63. The highest BCUT2D eigenvalue weighted by Gasteiger charge is 2.38. The molecule has 0 spiro atoms. The molecular weight excluding hydrogens is 1350 g/mol. The third kappa shape index (κ3) is 28.5. The van der Waals surface area contributed by atoms with Gasteiger partial charge in [0.2, 0.25) is 35.4 Å². The molecule has 1 saturated heterocycles. The second kappa shape index (κ2) is 41.8. The van der Waals surface area contributed by atoms with E-state index in [0.717, 1.165) is 63.4 Å². The number of allylic oxidation sites excluding steroid dienone is 1. The minimum atomic E-state index is -1.79. The molecule has 0 radical (unpaired) electrons. The molecule has 10 atom stereocenters. The number of unbranched alkanes of at least 4 members (excludes halogenated alkanes) is 5. The molecule has 12 N–H and O–H groups in total. The number of pyridine rings is 1. The Bertz CT molecular complexity index is 3350. The molecule has 1 fully saturated rings. The maximum Gasteiger partial charge on any atom is 0.407 e. The molecule has 9 amide bonds.